The number of nitrogens with zero attached hydrogens (tertiary/aromatic N) is 1. The standard InChI is InChI=1S/C25H27N3O5/c1-26-25(30)23(18-11-13-31-14-12-18)28-24(29)22-10-9-21(33-22)20-8-7-19(15-27-20)32-16-17-5-3-2-4-6-17/h2-10,15,18,23H,11-14,16H2,1H3,(H,26,30)(H,28,29)/t23-/m0/s1. The molecule has 0 spiro atoms. The lowest BCUT2D eigenvalue weighted by atomic mass is 9.91. The summed E-state index contributed by atoms with van der Waals surface area (Å²) >= 11 is 0. The summed E-state index contributed by atoms with van der Waals surface area (Å²) in [6.07, 6.45) is 3.04. The van der Waals surface area contributed by atoms with Crippen LogP contribution in [-0.2, 0) is 16.1 Å². The summed E-state index contributed by atoms with van der Waals surface area (Å²) in [7, 11) is 1.56. The molecule has 0 radical (unpaired) electrons. The quantitative estimate of drug-likeness (QED) is 0.548. The molecule has 1 aliphatic heterocycles. The number of rotatable bonds is 8. The number of amides is 2. The Hall–Kier alpha value is -3.65. The molecule has 3 aromatic rings. The van der Waals surface area contributed by atoms with Crippen LogP contribution in [0.15, 0.2) is 65.2 Å². The van der Waals surface area contributed by atoms with Gasteiger partial charge in [0.2, 0.25) is 5.91 Å². The molecule has 8 heteroatoms. The Morgan fingerprint density at radius 1 is 1.09 bits per heavy atom. The fraction of sp³-hybridized carbons (Fsp3) is 0.320. The van der Waals surface area contributed by atoms with E-state index in [0.717, 1.165) is 5.56 Å². The average Bonchev–Trinajstić information content (AvgIpc) is 3.37. The van der Waals surface area contributed by atoms with Crippen LogP contribution >= 0.6 is 0 Å². The van der Waals surface area contributed by atoms with E-state index in [-0.39, 0.29) is 17.6 Å². The summed E-state index contributed by atoms with van der Waals surface area (Å²) in [4.78, 5) is 29.5. The minimum Gasteiger partial charge on any atom is -0.487 e. The van der Waals surface area contributed by atoms with E-state index in [4.69, 9.17) is 13.9 Å². The zero-order chi connectivity index (χ0) is 23.0. The molecule has 0 bridgehead atoms. The van der Waals surface area contributed by atoms with Crippen LogP contribution in [0.2, 0.25) is 0 Å². The van der Waals surface area contributed by atoms with Crippen molar-refractivity contribution < 1.29 is 23.5 Å². The Balaban J connectivity index is 1.39. The number of hydrogen-bond acceptors (Lipinski definition) is 6. The van der Waals surface area contributed by atoms with Gasteiger partial charge in [0, 0.05) is 20.3 Å². The Kier molecular flexibility index (Phi) is 7.36. The van der Waals surface area contributed by atoms with E-state index in [1.165, 1.54) is 0 Å². The third-order valence-corrected chi connectivity index (χ3v) is 5.62. The number of carbonyl (C=O) groups is 2. The van der Waals surface area contributed by atoms with E-state index in [0.29, 0.717) is 49.9 Å². The van der Waals surface area contributed by atoms with Gasteiger partial charge in [-0.15, -0.1) is 0 Å². The normalized spacial score (nSPS) is 14.9. The number of ether oxygens (including phenoxy) is 2. The summed E-state index contributed by atoms with van der Waals surface area (Å²) in [6, 6.07) is 16.1. The molecular weight excluding hydrogens is 422 g/mol. The van der Waals surface area contributed by atoms with Crippen LogP contribution in [0.5, 0.6) is 5.75 Å². The first-order valence-electron chi connectivity index (χ1n) is 11.0. The summed E-state index contributed by atoms with van der Waals surface area (Å²) in [5, 5.41) is 5.45. The van der Waals surface area contributed by atoms with Gasteiger partial charge >= 0.3 is 0 Å². The number of pyridine rings is 1. The number of carbonyl (C=O) groups excluding carboxylic acids is 2. The fourth-order valence-corrected chi connectivity index (χ4v) is 3.76. The van der Waals surface area contributed by atoms with Gasteiger partial charge in [-0.25, -0.2) is 4.98 Å². The number of nitrogens with one attached hydrogen (secondary N) is 2. The molecule has 0 aliphatic carbocycles. The molecule has 172 valence electrons. The van der Waals surface area contributed by atoms with Crippen LogP contribution in [0.1, 0.15) is 29.0 Å². The Labute approximate surface area is 192 Å². The lowest BCUT2D eigenvalue weighted by Crippen LogP contribution is -2.51. The molecule has 1 aliphatic rings. The van der Waals surface area contributed by atoms with Gasteiger partial charge < -0.3 is 24.5 Å². The number of hydrogen-bond donors (Lipinski definition) is 2. The van der Waals surface area contributed by atoms with Crippen molar-refractivity contribution in [3.05, 3.63) is 72.1 Å². The number of benzene rings is 1. The van der Waals surface area contributed by atoms with Crippen molar-refractivity contribution in [1.82, 2.24) is 15.6 Å². The second-order valence-electron chi connectivity index (χ2n) is 7.83. The maximum atomic E-state index is 12.8. The van der Waals surface area contributed by atoms with Gasteiger partial charge in [0.25, 0.3) is 5.91 Å². The lowest BCUT2D eigenvalue weighted by Gasteiger charge is -2.29. The third-order valence-electron chi connectivity index (χ3n) is 5.62. The molecule has 0 saturated carbocycles. The Morgan fingerprint density at radius 2 is 1.88 bits per heavy atom. The minimum absolute atomic E-state index is 0.0159. The number of aromatic nitrogens is 1. The smallest absolute Gasteiger partial charge is 0.287 e. The third kappa shape index (κ3) is 5.78. The molecule has 1 atom stereocenters. The molecule has 2 N–H and O–H groups in total. The maximum absolute atomic E-state index is 12.8. The van der Waals surface area contributed by atoms with E-state index in [2.05, 4.69) is 15.6 Å². The highest BCUT2D eigenvalue weighted by Gasteiger charge is 2.31. The Morgan fingerprint density at radius 3 is 2.58 bits per heavy atom. The van der Waals surface area contributed by atoms with Crippen LogP contribution < -0.4 is 15.4 Å². The second-order valence-corrected chi connectivity index (χ2v) is 7.83. The second kappa shape index (κ2) is 10.8. The van der Waals surface area contributed by atoms with Crippen LogP contribution in [-0.4, -0.2) is 43.1 Å². The minimum atomic E-state index is -0.640. The average molecular weight is 450 g/mol. The first kappa shape index (κ1) is 22.5. The molecule has 1 aromatic carbocycles. The molecule has 2 aromatic heterocycles. The van der Waals surface area contributed by atoms with Crippen LogP contribution in [0.4, 0.5) is 0 Å². The van der Waals surface area contributed by atoms with Gasteiger partial charge in [0.1, 0.15) is 24.1 Å². The van der Waals surface area contributed by atoms with Gasteiger partial charge in [0.15, 0.2) is 11.5 Å². The van der Waals surface area contributed by atoms with Crippen molar-refractivity contribution in [2.24, 2.45) is 5.92 Å². The molecule has 3 heterocycles. The molecule has 1 fully saturated rings. The summed E-state index contributed by atoms with van der Waals surface area (Å²) in [5.74, 6) is 0.563. The zero-order valence-electron chi connectivity index (χ0n) is 18.5. The van der Waals surface area contributed by atoms with Crippen molar-refractivity contribution in [1.29, 1.82) is 0 Å². The van der Waals surface area contributed by atoms with Gasteiger partial charge in [-0.2, -0.15) is 0 Å². The Bertz CT molecular complexity index is 1060. The topological polar surface area (TPSA) is 103 Å². The van der Waals surface area contributed by atoms with Gasteiger partial charge in [0.05, 0.1) is 6.20 Å². The molecule has 4 rings (SSSR count). The first-order valence-corrected chi connectivity index (χ1v) is 11.0. The molecule has 0 unspecified atom stereocenters. The number of likely N-dealkylation sites (N-methyl/N-ethyl adjacent to an activating group) is 1. The van der Waals surface area contributed by atoms with Crippen LogP contribution in [0.25, 0.3) is 11.5 Å². The maximum Gasteiger partial charge on any atom is 0.287 e. The highest BCUT2D eigenvalue weighted by Crippen LogP contribution is 2.24. The van der Waals surface area contributed by atoms with E-state index >= 15 is 0 Å². The predicted molar refractivity (Wildman–Crippen MR) is 122 cm³/mol. The monoisotopic (exact) mass is 449 g/mol. The SMILES string of the molecule is CNC(=O)[C@@H](NC(=O)c1ccc(-c2ccc(OCc3ccccc3)cn2)o1)C1CCOCC1. The van der Waals surface area contributed by atoms with E-state index in [1.54, 1.807) is 37.5 Å². The van der Waals surface area contributed by atoms with Crippen LogP contribution in [0, 0.1) is 5.92 Å². The largest absolute Gasteiger partial charge is 0.487 e. The van der Waals surface area contributed by atoms with E-state index in [1.807, 2.05) is 30.3 Å². The lowest BCUT2D eigenvalue weighted by molar-refractivity contribution is -0.124. The molecule has 8 nitrogen and oxygen atoms in total. The first-order chi connectivity index (χ1) is 16.1. The number of furan rings is 1. The highest BCUT2D eigenvalue weighted by atomic mass is 16.5. The summed E-state index contributed by atoms with van der Waals surface area (Å²) in [5.41, 5.74) is 1.65. The molecule has 33 heavy (non-hydrogen) atoms. The zero-order valence-corrected chi connectivity index (χ0v) is 18.5. The van der Waals surface area contributed by atoms with Gasteiger partial charge in [-0.3, -0.25) is 9.59 Å². The predicted octanol–water partition coefficient (Wildman–Crippen LogP) is 3.19. The summed E-state index contributed by atoms with van der Waals surface area (Å²) < 4.78 is 16.9. The van der Waals surface area contributed by atoms with E-state index in [9.17, 15) is 9.59 Å². The fourth-order valence-electron chi connectivity index (χ4n) is 3.76. The van der Waals surface area contributed by atoms with Gasteiger partial charge in [-0.1, -0.05) is 30.3 Å². The highest BCUT2D eigenvalue weighted by molar-refractivity contribution is 5.96. The van der Waals surface area contributed by atoms with Crippen molar-refractivity contribution in [3.8, 4) is 17.2 Å². The van der Waals surface area contributed by atoms with Crippen LogP contribution in [0.3, 0.4) is 0 Å². The van der Waals surface area contributed by atoms with Crippen molar-refractivity contribution >= 4 is 11.8 Å². The molecule has 2 amide bonds. The van der Waals surface area contributed by atoms with Gasteiger partial charge in [-0.05, 0) is 48.6 Å². The summed E-state index contributed by atoms with van der Waals surface area (Å²) in [6.45, 7) is 1.61. The molecular formula is C25H27N3O5. The molecule has 1 saturated heterocycles. The van der Waals surface area contributed by atoms with E-state index < -0.39 is 11.9 Å². The van der Waals surface area contributed by atoms with Crippen molar-refractivity contribution in [2.75, 3.05) is 20.3 Å². The van der Waals surface area contributed by atoms with Crippen molar-refractivity contribution in [3.63, 3.8) is 0 Å². The van der Waals surface area contributed by atoms with Crippen molar-refractivity contribution in [2.45, 2.75) is 25.5 Å².